The van der Waals surface area contributed by atoms with E-state index < -0.39 is 0 Å². The highest BCUT2D eigenvalue weighted by Crippen LogP contribution is 1.97. The van der Waals surface area contributed by atoms with Gasteiger partial charge in [0.25, 0.3) is 5.91 Å². The lowest BCUT2D eigenvalue weighted by atomic mass is 10.2. The van der Waals surface area contributed by atoms with Crippen LogP contribution in [-0.2, 0) is 0 Å². The Hall–Kier alpha value is -1.39. The second kappa shape index (κ2) is 6.37. The minimum Gasteiger partial charge on any atom is -0.351 e. The molecule has 92 valence electrons. The summed E-state index contributed by atoms with van der Waals surface area (Å²) >= 11 is 0. The molecule has 17 heavy (non-hydrogen) atoms. The van der Waals surface area contributed by atoms with E-state index in [9.17, 15) is 4.79 Å². The number of hydrogen-bond donors (Lipinski definition) is 2. The van der Waals surface area contributed by atoms with Crippen molar-refractivity contribution in [3.63, 3.8) is 0 Å². The van der Waals surface area contributed by atoms with Crippen LogP contribution in [0.2, 0.25) is 0 Å². The average Bonchev–Trinajstić information content (AvgIpc) is 2.41. The topological polar surface area (TPSA) is 44.4 Å². The van der Waals surface area contributed by atoms with E-state index in [1.807, 2.05) is 30.3 Å². The molecule has 1 aromatic carbocycles. The number of piperazine rings is 1. The molecule has 1 heterocycles. The fourth-order valence-electron chi connectivity index (χ4n) is 1.95. The highest BCUT2D eigenvalue weighted by atomic mass is 16.1. The normalized spacial score (nSPS) is 16.7. The van der Waals surface area contributed by atoms with Crippen molar-refractivity contribution in [1.29, 1.82) is 0 Å². The zero-order chi connectivity index (χ0) is 11.9. The molecule has 0 unspecified atom stereocenters. The predicted octanol–water partition coefficient (Wildman–Crippen LogP) is 0.322. The maximum atomic E-state index is 11.7. The van der Waals surface area contributed by atoms with E-state index in [1.165, 1.54) is 0 Å². The number of nitrogens with zero attached hydrogens (tertiary/aromatic N) is 1. The van der Waals surface area contributed by atoms with Gasteiger partial charge in [0.15, 0.2) is 0 Å². The van der Waals surface area contributed by atoms with E-state index in [4.69, 9.17) is 0 Å². The summed E-state index contributed by atoms with van der Waals surface area (Å²) < 4.78 is 0. The van der Waals surface area contributed by atoms with E-state index in [0.717, 1.165) is 38.3 Å². The standard InChI is InChI=1S/C13H19N3O/c17-13(12-4-2-1-3-5-12)15-8-11-16-9-6-14-7-10-16/h1-5,14H,6-11H2,(H,15,17). The Morgan fingerprint density at radius 2 is 1.94 bits per heavy atom. The smallest absolute Gasteiger partial charge is 0.251 e. The highest BCUT2D eigenvalue weighted by Gasteiger charge is 2.09. The molecule has 2 rings (SSSR count). The molecule has 2 N–H and O–H groups in total. The Kier molecular flexibility index (Phi) is 4.53. The van der Waals surface area contributed by atoms with Crippen molar-refractivity contribution >= 4 is 5.91 Å². The third-order valence-electron chi connectivity index (χ3n) is 2.96. The maximum Gasteiger partial charge on any atom is 0.251 e. The monoisotopic (exact) mass is 233 g/mol. The fraction of sp³-hybridized carbons (Fsp3) is 0.462. The summed E-state index contributed by atoms with van der Waals surface area (Å²) in [4.78, 5) is 14.1. The summed E-state index contributed by atoms with van der Waals surface area (Å²) in [6.07, 6.45) is 0. The Bertz CT molecular complexity index is 347. The molecule has 1 aromatic rings. The number of amides is 1. The minimum absolute atomic E-state index is 0.0146. The highest BCUT2D eigenvalue weighted by molar-refractivity contribution is 5.94. The molecule has 0 spiro atoms. The van der Waals surface area contributed by atoms with Crippen LogP contribution in [0.15, 0.2) is 30.3 Å². The van der Waals surface area contributed by atoms with Crippen LogP contribution < -0.4 is 10.6 Å². The van der Waals surface area contributed by atoms with Crippen LogP contribution >= 0.6 is 0 Å². The minimum atomic E-state index is 0.0146. The predicted molar refractivity (Wildman–Crippen MR) is 68.1 cm³/mol. The number of benzene rings is 1. The molecular weight excluding hydrogens is 214 g/mol. The van der Waals surface area contributed by atoms with Crippen LogP contribution in [0.1, 0.15) is 10.4 Å². The molecule has 1 aliphatic rings. The molecule has 4 heteroatoms. The van der Waals surface area contributed by atoms with Crippen LogP contribution in [0.4, 0.5) is 0 Å². The van der Waals surface area contributed by atoms with Gasteiger partial charge < -0.3 is 10.6 Å². The van der Waals surface area contributed by atoms with E-state index in [1.54, 1.807) is 0 Å². The second-order valence-corrected chi connectivity index (χ2v) is 4.21. The Morgan fingerprint density at radius 3 is 2.65 bits per heavy atom. The SMILES string of the molecule is O=C(NCCN1CCNCC1)c1ccccc1. The summed E-state index contributed by atoms with van der Waals surface area (Å²) in [5.74, 6) is 0.0146. The van der Waals surface area contributed by atoms with Gasteiger partial charge in [0, 0.05) is 44.8 Å². The Labute approximate surface area is 102 Å². The molecule has 0 aliphatic carbocycles. The van der Waals surface area contributed by atoms with Gasteiger partial charge in [-0.1, -0.05) is 18.2 Å². The molecular formula is C13H19N3O. The first-order valence-electron chi connectivity index (χ1n) is 6.12. The van der Waals surface area contributed by atoms with E-state index >= 15 is 0 Å². The molecule has 0 radical (unpaired) electrons. The van der Waals surface area contributed by atoms with Crippen LogP contribution in [0.25, 0.3) is 0 Å². The van der Waals surface area contributed by atoms with Gasteiger partial charge >= 0.3 is 0 Å². The van der Waals surface area contributed by atoms with Gasteiger partial charge in [-0.3, -0.25) is 9.69 Å². The third-order valence-corrected chi connectivity index (χ3v) is 2.96. The zero-order valence-electron chi connectivity index (χ0n) is 9.98. The summed E-state index contributed by atoms with van der Waals surface area (Å²) in [7, 11) is 0. The maximum absolute atomic E-state index is 11.7. The number of nitrogens with one attached hydrogen (secondary N) is 2. The van der Waals surface area contributed by atoms with Gasteiger partial charge in [0.1, 0.15) is 0 Å². The summed E-state index contributed by atoms with van der Waals surface area (Å²) in [5.41, 5.74) is 0.729. The van der Waals surface area contributed by atoms with Gasteiger partial charge in [-0.15, -0.1) is 0 Å². The number of carbonyl (C=O) groups excluding carboxylic acids is 1. The molecule has 1 aliphatic heterocycles. The zero-order valence-corrected chi connectivity index (χ0v) is 9.98. The van der Waals surface area contributed by atoms with Crippen molar-refractivity contribution < 1.29 is 4.79 Å². The molecule has 1 fully saturated rings. The van der Waals surface area contributed by atoms with Crippen molar-refractivity contribution in [3.8, 4) is 0 Å². The van der Waals surface area contributed by atoms with Gasteiger partial charge in [0.05, 0.1) is 0 Å². The molecule has 1 amide bonds. The third kappa shape index (κ3) is 3.84. The Morgan fingerprint density at radius 1 is 1.24 bits per heavy atom. The van der Waals surface area contributed by atoms with Gasteiger partial charge in [-0.2, -0.15) is 0 Å². The molecule has 4 nitrogen and oxygen atoms in total. The molecule has 0 bridgehead atoms. The lowest BCUT2D eigenvalue weighted by molar-refractivity contribution is 0.0947. The van der Waals surface area contributed by atoms with E-state index in [0.29, 0.717) is 6.54 Å². The van der Waals surface area contributed by atoms with Crippen molar-refractivity contribution in [2.24, 2.45) is 0 Å². The van der Waals surface area contributed by atoms with Gasteiger partial charge in [-0.25, -0.2) is 0 Å². The lowest BCUT2D eigenvalue weighted by Crippen LogP contribution is -2.46. The van der Waals surface area contributed by atoms with Crippen LogP contribution in [-0.4, -0.2) is 50.1 Å². The van der Waals surface area contributed by atoms with Crippen molar-refractivity contribution in [2.75, 3.05) is 39.3 Å². The van der Waals surface area contributed by atoms with Crippen molar-refractivity contribution in [1.82, 2.24) is 15.5 Å². The molecule has 1 saturated heterocycles. The van der Waals surface area contributed by atoms with Crippen LogP contribution in [0.5, 0.6) is 0 Å². The van der Waals surface area contributed by atoms with Crippen molar-refractivity contribution in [2.45, 2.75) is 0 Å². The van der Waals surface area contributed by atoms with E-state index in [-0.39, 0.29) is 5.91 Å². The Balaban J connectivity index is 1.69. The summed E-state index contributed by atoms with van der Waals surface area (Å²) in [6, 6.07) is 9.34. The fourth-order valence-corrected chi connectivity index (χ4v) is 1.95. The van der Waals surface area contributed by atoms with Gasteiger partial charge in [0.2, 0.25) is 0 Å². The van der Waals surface area contributed by atoms with Crippen LogP contribution in [0, 0.1) is 0 Å². The molecule has 0 aromatic heterocycles. The lowest BCUT2D eigenvalue weighted by Gasteiger charge is -2.27. The second-order valence-electron chi connectivity index (χ2n) is 4.21. The largest absolute Gasteiger partial charge is 0.351 e. The summed E-state index contributed by atoms with van der Waals surface area (Å²) in [6.45, 7) is 5.88. The van der Waals surface area contributed by atoms with Gasteiger partial charge in [-0.05, 0) is 12.1 Å². The van der Waals surface area contributed by atoms with Crippen molar-refractivity contribution in [3.05, 3.63) is 35.9 Å². The van der Waals surface area contributed by atoms with E-state index in [2.05, 4.69) is 15.5 Å². The first kappa shape index (κ1) is 12.1. The summed E-state index contributed by atoms with van der Waals surface area (Å²) in [5, 5.41) is 6.26. The first-order valence-corrected chi connectivity index (χ1v) is 6.12. The quantitative estimate of drug-likeness (QED) is 0.787. The molecule has 0 atom stereocenters. The first-order chi connectivity index (χ1) is 8.36. The molecule has 0 saturated carbocycles. The average molecular weight is 233 g/mol. The number of hydrogen-bond acceptors (Lipinski definition) is 3. The number of carbonyl (C=O) groups is 1. The number of rotatable bonds is 4. The van der Waals surface area contributed by atoms with Crippen LogP contribution in [0.3, 0.4) is 0 Å².